The van der Waals surface area contributed by atoms with Crippen molar-refractivity contribution in [1.29, 1.82) is 5.26 Å². The fourth-order valence-electron chi connectivity index (χ4n) is 2.55. The van der Waals surface area contributed by atoms with Gasteiger partial charge in [-0.05, 0) is 54.7 Å². The van der Waals surface area contributed by atoms with Gasteiger partial charge in [0.15, 0.2) is 0 Å². The Labute approximate surface area is 131 Å². The summed E-state index contributed by atoms with van der Waals surface area (Å²) in [4.78, 5) is 4.55. The zero-order valence-electron chi connectivity index (χ0n) is 11.3. The smallest absolute Gasteiger partial charge is 0.144 e. The minimum Gasteiger partial charge on any atom is -0.365 e. The molecule has 0 bridgehead atoms. The molecular formula is C16H13BrFN3. The van der Waals surface area contributed by atoms with E-state index in [4.69, 9.17) is 0 Å². The van der Waals surface area contributed by atoms with Crippen LogP contribution in [0.15, 0.2) is 28.7 Å². The van der Waals surface area contributed by atoms with Gasteiger partial charge in [0.2, 0.25) is 0 Å². The summed E-state index contributed by atoms with van der Waals surface area (Å²) in [6.45, 7) is 0.415. The van der Waals surface area contributed by atoms with Gasteiger partial charge in [-0.15, -0.1) is 0 Å². The number of benzene rings is 1. The molecule has 1 aromatic carbocycles. The number of hydrogen-bond donors (Lipinski definition) is 1. The Hall–Kier alpha value is -1.93. The third kappa shape index (κ3) is 2.91. The Bertz CT molecular complexity index is 737. The Morgan fingerprint density at radius 3 is 3.00 bits per heavy atom. The van der Waals surface area contributed by atoms with Crippen LogP contribution < -0.4 is 5.32 Å². The molecule has 0 aliphatic heterocycles. The molecule has 1 aromatic heterocycles. The molecule has 5 heteroatoms. The molecule has 0 fully saturated rings. The topological polar surface area (TPSA) is 48.7 Å². The van der Waals surface area contributed by atoms with Crippen molar-refractivity contribution < 1.29 is 4.39 Å². The zero-order valence-corrected chi connectivity index (χ0v) is 12.9. The van der Waals surface area contributed by atoms with Crippen molar-refractivity contribution in [2.24, 2.45) is 0 Å². The first-order valence-electron chi connectivity index (χ1n) is 6.78. The molecule has 0 spiro atoms. The predicted octanol–water partition coefficient (Wildman–Crippen LogP) is 3.96. The molecule has 1 N–H and O–H groups in total. The highest BCUT2D eigenvalue weighted by Gasteiger charge is 2.16. The fourth-order valence-corrected chi connectivity index (χ4v) is 2.94. The van der Waals surface area contributed by atoms with Crippen molar-refractivity contribution in [1.82, 2.24) is 4.98 Å². The van der Waals surface area contributed by atoms with E-state index in [1.54, 1.807) is 6.07 Å². The van der Waals surface area contributed by atoms with Crippen LogP contribution in [0.4, 0.5) is 10.2 Å². The summed E-state index contributed by atoms with van der Waals surface area (Å²) in [7, 11) is 0. The molecule has 3 nitrogen and oxygen atoms in total. The summed E-state index contributed by atoms with van der Waals surface area (Å²) >= 11 is 3.40. The SMILES string of the molecule is N#Cc1cc2c(nc1NCc1cc(F)ccc1Br)CCC2. The molecule has 21 heavy (non-hydrogen) atoms. The van der Waals surface area contributed by atoms with E-state index in [-0.39, 0.29) is 5.82 Å². The third-order valence-electron chi connectivity index (χ3n) is 3.63. The van der Waals surface area contributed by atoms with Crippen LogP contribution >= 0.6 is 15.9 Å². The lowest BCUT2D eigenvalue weighted by Gasteiger charge is -2.11. The van der Waals surface area contributed by atoms with Crippen LogP contribution in [0.5, 0.6) is 0 Å². The number of fused-ring (bicyclic) bond motifs is 1. The van der Waals surface area contributed by atoms with E-state index >= 15 is 0 Å². The first-order chi connectivity index (χ1) is 10.2. The van der Waals surface area contributed by atoms with E-state index in [1.807, 2.05) is 6.07 Å². The van der Waals surface area contributed by atoms with Crippen molar-refractivity contribution >= 4 is 21.7 Å². The summed E-state index contributed by atoms with van der Waals surface area (Å²) in [5.41, 5.74) is 3.57. The Morgan fingerprint density at radius 2 is 2.19 bits per heavy atom. The number of pyridine rings is 1. The van der Waals surface area contributed by atoms with Crippen LogP contribution in [0.2, 0.25) is 0 Å². The molecule has 0 unspecified atom stereocenters. The van der Waals surface area contributed by atoms with E-state index in [9.17, 15) is 9.65 Å². The molecule has 2 aromatic rings. The van der Waals surface area contributed by atoms with E-state index in [1.165, 1.54) is 17.7 Å². The van der Waals surface area contributed by atoms with E-state index < -0.39 is 0 Å². The summed E-state index contributed by atoms with van der Waals surface area (Å²) in [6.07, 6.45) is 3.04. The summed E-state index contributed by atoms with van der Waals surface area (Å²) in [5.74, 6) is 0.298. The average molecular weight is 346 g/mol. The fraction of sp³-hybridized carbons (Fsp3) is 0.250. The van der Waals surface area contributed by atoms with Gasteiger partial charge in [0, 0.05) is 16.7 Å². The molecule has 1 aliphatic carbocycles. The number of halogens is 2. The van der Waals surface area contributed by atoms with Crippen molar-refractivity contribution in [2.75, 3.05) is 5.32 Å². The van der Waals surface area contributed by atoms with Gasteiger partial charge < -0.3 is 5.32 Å². The van der Waals surface area contributed by atoms with Crippen LogP contribution in [0.3, 0.4) is 0 Å². The molecule has 1 heterocycles. The maximum Gasteiger partial charge on any atom is 0.144 e. The number of nitrogens with zero attached hydrogens (tertiary/aromatic N) is 2. The lowest BCUT2D eigenvalue weighted by molar-refractivity contribution is 0.625. The van der Waals surface area contributed by atoms with Crippen LogP contribution in [0.1, 0.15) is 28.8 Å². The quantitative estimate of drug-likeness (QED) is 0.915. The van der Waals surface area contributed by atoms with Crippen molar-refractivity contribution in [2.45, 2.75) is 25.8 Å². The van der Waals surface area contributed by atoms with E-state index in [2.05, 4.69) is 32.3 Å². The zero-order chi connectivity index (χ0) is 14.8. The number of nitrogens with one attached hydrogen (secondary N) is 1. The normalized spacial score (nSPS) is 12.8. The lowest BCUT2D eigenvalue weighted by atomic mass is 10.1. The first kappa shape index (κ1) is 14.0. The van der Waals surface area contributed by atoms with Gasteiger partial charge in [-0.3, -0.25) is 0 Å². The van der Waals surface area contributed by atoms with E-state index in [0.717, 1.165) is 35.0 Å². The number of aromatic nitrogens is 1. The molecule has 0 saturated heterocycles. The van der Waals surface area contributed by atoms with Gasteiger partial charge >= 0.3 is 0 Å². The highest BCUT2D eigenvalue weighted by molar-refractivity contribution is 9.10. The van der Waals surface area contributed by atoms with Gasteiger partial charge in [0.1, 0.15) is 17.7 Å². The van der Waals surface area contributed by atoms with Crippen molar-refractivity contribution in [3.8, 4) is 6.07 Å². The molecule has 1 aliphatic rings. The second-order valence-corrected chi connectivity index (χ2v) is 5.90. The molecule has 3 rings (SSSR count). The maximum atomic E-state index is 13.3. The second-order valence-electron chi connectivity index (χ2n) is 5.04. The van der Waals surface area contributed by atoms with Crippen molar-refractivity contribution in [3.63, 3.8) is 0 Å². The largest absolute Gasteiger partial charge is 0.365 e. The van der Waals surface area contributed by atoms with Crippen molar-refractivity contribution in [3.05, 3.63) is 56.9 Å². The average Bonchev–Trinajstić information content (AvgIpc) is 2.94. The molecule has 0 atom stereocenters. The number of aryl methyl sites for hydroxylation is 2. The number of rotatable bonds is 3. The minimum absolute atomic E-state index is 0.280. The van der Waals surface area contributed by atoms with Gasteiger partial charge in [0.05, 0.1) is 5.56 Å². The summed E-state index contributed by atoms with van der Waals surface area (Å²) in [5, 5.41) is 12.4. The third-order valence-corrected chi connectivity index (χ3v) is 4.40. The van der Waals surface area contributed by atoms with Gasteiger partial charge in [0.25, 0.3) is 0 Å². The number of hydrogen-bond acceptors (Lipinski definition) is 3. The Balaban J connectivity index is 1.85. The molecular weight excluding hydrogens is 333 g/mol. The van der Waals surface area contributed by atoms with Crippen LogP contribution in [-0.4, -0.2) is 4.98 Å². The highest BCUT2D eigenvalue weighted by Crippen LogP contribution is 2.26. The van der Waals surface area contributed by atoms with Crippen LogP contribution in [0.25, 0.3) is 0 Å². The van der Waals surface area contributed by atoms with E-state index in [0.29, 0.717) is 17.9 Å². The first-order valence-corrected chi connectivity index (χ1v) is 7.57. The van der Waals surface area contributed by atoms with Gasteiger partial charge in [-0.1, -0.05) is 15.9 Å². The molecule has 0 saturated carbocycles. The standard InChI is InChI=1S/C16H13BrFN3/c17-14-5-4-13(18)7-12(14)9-20-16-11(8-19)6-10-2-1-3-15(10)21-16/h4-7H,1-3,9H2,(H,20,21). The van der Waals surface area contributed by atoms with Gasteiger partial charge in [-0.25, -0.2) is 9.37 Å². The monoisotopic (exact) mass is 345 g/mol. The highest BCUT2D eigenvalue weighted by atomic mass is 79.9. The Morgan fingerprint density at radius 1 is 1.33 bits per heavy atom. The minimum atomic E-state index is -0.280. The second kappa shape index (κ2) is 5.82. The maximum absolute atomic E-state index is 13.3. The Kier molecular flexibility index (Phi) is 3.89. The number of nitriles is 1. The summed E-state index contributed by atoms with van der Waals surface area (Å²) in [6, 6.07) is 8.64. The van der Waals surface area contributed by atoms with Crippen LogP contribution in [0, 0.1) is 17.1 Å². The van der Waals surface area contributed by atoms with Crippen LogP contribution in [-0.2, 0) is 19.4 Å². The molecule has 0 amide bonds. The molecule has 106 valence electrons. The molecule has 0 radical (unpaired) electrons. The lowest BCUT2D eigenvalue weighted by Crippen LogP contribution is -2.06. The predicted molar refractivity (Wildman–Crippen MR) is 82.4 cm³/mol. The summed E-state index contributed by atoms with van der Waals surface area (Å²) < 4.78 is 14.1. The van der Waals surface area contributed by atoms with Gasteiger partial charge in [-0.2, -0.15) is 5.26 Å². The number of anilines is 1.